The predicted molar refractivity (Wildman–Crippen MR) is 56.4 cm³/mol. The second-order valence-electron chi connectivity index (χ2n) is 5.23. The molecule has 1 fully saturated rings. The lowest BCUT2D eigenvalue weighted by Gasteiger charge is -2.37. The van der Waals surface area contributed by atoms with Crippen LogP contribution in [-0.4, -0.2) is 21.2 Å². The van der Waals surface area contributed by atoms with Crippen LogP contribution in [-0.2, 0) is 9.53 Å². The summed E-state index contributed by atoms with van der Waals surface area (Å²) in [6.45, 7) is 7.08. The minimum absolute atomic E-state index is 0.00880. The van der Waals surface area contributed by atoms with Gasteiger partial charge < -0.3 is 4.74 Å². The Labute approximate surface area is 81.7 Å². The van der Waals surface area contributed by atoms with Gasteiger partial charge in [0.1, 0.15) is 0 Å². The third kappa shape index (κ3) is 2.83. The minimum atomic E-state index is -0.998. The third-order valence-electron chi connectivity index (χ3n) is 2.80. The van der Waals surface area contributed by atoms with Crippen LogP contribution >= 0.6 is 0 Å². The highest BCUT2D eigenvalue weighted by Crippen LogP contribution is 2.40. The van der Waals surface area contributed by atoms with E-state index in [2.05, 4.69) is 19.6 Å². The van der Waals surface area contributed by atoms with Crippen LogP contribution in [0.15, 0.2) is 0 Å². The van der Waals surface area contributed by atoms with Gasteiger partial charge in [-0.3, -0.25) is 4.79 Å². The Morgan fingerprint density at radius 2 is 2.00 bits per heavy atom. The summed E-state index contributed by atoms with van der Waals surface area (Å²) < 4.78 is 4.78. The highest BCUT2D eigenvalue weighted by molar-refractivity contribution is 6.76. The molecule has 1 rings (SSSR count). The Hall–Kier alpha value is -0.313. The molecule has 1 saturated carbocycles. The minimum Gasteiger partial charge on any atom is -0.469 e. The molecule has 1 aliphatic carbocycles. The molecule has 0 bridgehead atoms. The predicted octanol–water partition coefficient (Wildman–Crippen LogP) is 2.52. The third-order valence-corrected chi connectivity index (χ3v) is 4.55. The summed E-state index contributed by atoms with van der Waals surface area (Å²) in [4.78, 5) is 11.3. The van der Waals surface area contributed by atoms with Gasteiger partial charge in [0.15, 0.2) is 0 Å². The quantitative estimate of drug-likeness (QED) is 0.517. The van der Waals surface area contributed by atoms with E-state index < -0.39 is 8.07 Å². The molecule has 3 heteroatoms. The van der Waals surface area contributed by atoms with E-state index in [-0.39, 0.29) is 11.9 Å². The van der Waals surface area contributed by atoms with Crippen LogP contribution in [0.25, 0.3) is 0 Å². The molecular formula is C10H20O2Si. The van der Waals surface area contributed by atoms with Crippen molar-refractivity contribution in [3.05, 3.63) is 0 Å². The maximum Gasteiger partial charge on any atom is 0.308 e. The SMILES string of the molecule is COC(=O)[C@@H]1CC[C@H]1C[Si](C)(C)C. The first-order valence-electron chi connectivity index (χ1n) is 5.02. The number of carbonyl (C=O) groups excluding carboxylic acids is 1. The van der Waals surface area contributed by atoms with E-state index in [0.29, 0.717) is 5.92 Å². The molecule has 0 aromatic rings. The van der Waals surface area contributed by atoms with Gasteiger partial charge in [0.25, 0.3) is 0 Å². The van der Waals surface area contributed by atoms with Crippen LogP contribution < -0.4 is 0 Å². The highest BCUT2D eigenvalue weighted by Gasteiger charge is 2.39. The second kappa shape index (κ2) is 3.82. The molecule has 0 amide bonds. The number of rotatable bonds is 3. The lowest BCUT2D eigenvalue weighted by Crippen LogP contribution is -2.38. The lowest BCUT2D eigenvalue weighted by atomic mass is 9.75. The van der Waals surface area contributed by atoms with Crippen LogP contribution in [0.4, 0.5) is 0 Å². The van der Waals surface area contributed by atoms with E-state index >= 15 is 0 Å². The van der Waals surface area contributed by atoms with Crippen LogP contribution in [0.5, 0.6) is 0 Å². The zero-order valence-electron chi connectivity index (χ0n) is 9.09. The first kappa shape index (κ1) is 10.8. The molecular weight excluding hydrogens is 180 g/mol. The average Bonchev–Trinajstić information content (AvgIpc) is 1.96. The number of esters is 1. The normalized spacial score (nSPS) is 28.0. The Morgan fingerprint density at radius 3 is 2.31 bits per heavy atom. The van der Waals surface area contributed by atoms with Crippen molar-refractivity contribution in [2.45, 2.75) is 38.5 Å². The molecule has 0 N–H and O–H groups in total. The summed E-state index contributed by atoms with van der Waals surface area (Å²) >= 11 is 0. The van der Waals surface area contributed by atoms with Gasteiger partial charge >= 0.3 is 5.97 Å². The summed E-state index contributed by atoms with van der Waals surface area (Å²) in [7, 11) is 0.494. The van der Waals surface area contributed by atoms with Crippen molar-refractivity contribution >= 4 is 14.0 Å². The van der Waals surface area contributed by atoms with Crippen molar-refractivity contribution < 1.29 is 9.53 Å². The van der Waals surface area contributed by atoms with Crippen LogP contribution in [0.1, 0.15) is 12.8 Å². The summed E-state index contributed by atoms with van der Waals surface area (Å²) in [6.07, 6.45) is 2.27. The molecule has 0 unspecified atom stereocenters. The number of carbonyl (C=O) groups is 1. The molecule has 2 atom stereocenters. The summed E-state index contributed by atoms with van der Waals surface area (Å²) in [5.74, 6) is 0.852. The van der Waals surface area contributed by atoms with Gasteiger partial charge in [0.05, 0.1) is 13.0 Å². The molecule has 0 radical (unpaired) electrons. The molecule has 2 nitrogen and oxygen atoms in total. The van der Waals surface area contributed by atoms with Crippen molar-refractivity contribution in [2.24, 2.45) is 11.8 Å². The van der Waals surface area contributed by atoms with E-state index in [9.17, 15) is 4.79 Å². The first-order chi connectivity index (χ1) is 5.94. The maximum absolute atomic E-state index is 11.3. The van der Waals surface area contributed by atoms with Crippen molar-refractivity contribution in [3.8, 4) is 0 Å². The fourth-order valence-electron chi connectivity index (χ4n) is 2.06. The van der Waals surface area contributed by atoms with Crippen LogP contribution in [0.2, 0.25) is 25.7 Å². The van der Waals surface area contributed by atoms with Gasteiger partial charge in [0.2, 0.25) is 0 Å². The standard InChI is InChI=1S/C10H20O2Si/c1-12-10(11)9-6-5-8(9)7-13(2,3)4/h8-9H,5-7H2,1-4H3/t8-,9+/m0/s1. The van der Waals surface area contributed by atoms with Gasteiger partial charge in [-0.2, -0.15) is 0 Å². The van der Waals surface area contributed by atoms with E-state index in [1.165, 1.54) is 19.6 Å². The largest absolute Gasteiger partial charge is 0.469 e. The van der Waals surface area contributed by atoms with E-state index in [1.54, 1.807) is 0 Å². The summed E-state index contributed by atoms with van der Waals surface area (Å²) in [5, 5.41) is 0. The maximum atomic E-state index is 11.3. The number of methoxy groups -OCH3 is 1. The van der Waals surface area contributed by atoms with Gasteiger partial charge in [-0.25, -0.2) is 0 Å². The molecule has 1 aliphatic rings. The summed E-state index contributed by atoms with van der Waals surface area (Å²) in [6, 6.07) is 1.27. The van der Waals surface area contributed by atoms with Gasteiger partial charge in [-0.1, -0.05) is 25.7 Å². The molecule has 76 valence electrons. The van der Waals surface area contributed by atoms with Crippen molar-refractivity contribution in [2.75, 3.05) is 7.11 Å². The Kier molecular flexibility index (Phi) is 3.17. The number of hydrogen-bond acceptors (Lipinski definition) is 2. The van der Waals surface area contributed by atoms with Gasteiger partial charge in [0, 0.05) is 8.07 Å². The lowest BCUT2D eigenvalue weighted by molar-refractivity contribution is -0.151. The topological polar surface area (TPSA) is 26.3 Å². The molecule has 0 heterocycles. The van der Waals surface area contributed by atoms with E-state index in [4.69, 9.17) is 4.74 Å². The zero-order chi connectivity index (χ0) is 10.1. The van der Waals surface area contributed by atoms with Crippen molar-refractivity contribution in [1.29, 1.82) is 0 Å². The monoisotopic (exact) mass is 200 g/mol. The Bertz CT molecular complexity index is 196. The second-order valence-corrected chi connectivity index (χ2v) is 10.8. The Morgan fingerprint density at radius 1 is 1.38 bits per heavy atom. The molecule has 0 saturated heterocycles. The fraction of sp³-hybridized carbons (Fsp3) is 0.900. The molecule has 13 heavy (non-hydrogen) atoms. The van der Waals surface area contributed by atoms with E-state index in [1.807, 2.05) is 0 Å². The van der Waals surface area contributed by atoms with E-state index in [0.717, 1.165) is 6.42 Å². The molecule has 0 aliphatic heterocycles. The Balaban J connectivity index is 2.41. The van der Waals surface area contributed by atoms with Crippen LogP contribution in [0, 0.1) is 11.8 Å². The van der Waals surface area contributed by atoms with Crippen LogP contribution in [0.3, 0.4) is 0 Å². The smallest absolute Gasteiger partial charge is 0.308 e. The molecule has 0 aromatic heterocycles. The first-order valence-corrected chi connectivity index (χ1v) is 8.72. The zero-order valence-corrected chi connectivity index (χ0v) is 10.1. The highest BCUT2D eigenvalue weighted by atomic mass is 28.3. The van der Waals surface area contributed by atoms with Crippen molar-refractivity contribution in [3.63, 3.8) is 0 Å². The number of hydrogen-bond donors (Lipinski definition) is 0. The molecule has 0 aromatic carbocycles. The van der Waals surface area contributed by atoms with Crippen molar-refractivity contribution in [1.82, 2.24) is 0 Å². The van der Waals surface area contributed by atoms with Gasteiger partial charge in [-0.05, 0) is 18.8 Å². The fourth-order valence-corrected chi connectivity index (χ4v) is 4.12. The summed E-state index contributed by atoms with van der Waals surface area (Å²) in [5.41, 5.74) is 0. The molecule has 0 spiro atoms. The average molecular weight is 200 g/mol. The number of ether oxygens (including phenoxy) is 1. The van der Waals surface area contributed by atoms with Gasteiger partial charge in [-0.15, -0.1) is 0 Å².